The summed E-state index contributed by atoms with van der Waals surface area (Å²) in [4.78, 5) is 41.7. The van der Waals surface area contributed by atoms with Crippen molar-refractivity contribution >= 4 is 40.5 Å². The van der Waals surface area contributed by atoms with E-state index >= 15 is 0 Å². The first-order valence-corrected chi connectivity index (χ1v) is 14.5. The van der Waals surface area contributed by atoms with E-state index in [0.29, 0.717) is 55.7 Å². The Hall–Kier alpha value is -4.30. The normalized spacial score (nSPS) is 12.7. The molecule has 0 radical (unpaired) electrons. The van der Waals surface area contributed by atoms with Crippen LogP contribution in [0, 0.1) is 13.8 Å². The zero-order chi connectivity index (χ0) is 30.0. The van der Waals surface area contributed by atoms with Crippen LogP contribution in [0.2, 0.25) is 0 Å². The number of carbonyl (C=O) groups excluding carboxylic acids is 1. The summed E-state index contributed by atoms with van der Waals surface area (Å²) in [6, 6.07) is 19.0. The number of fused-ring (bicyclic) bond motifs is 3. The molecule has 0 aliphatic carbocycles. The topological polar surface area (TPSA) is 90.9 Å². The van der Waals surface area contributed by atoms with Crippen LogP contribution in [0.3, 0.4) is 0 Å². The lowest BCUT2D eigenvalue weighted by molar-refractivity contribution is -0.155. The molecule has 1 aromatic heterocycles. The van der Waals surface area contributed by atoms with Gasteiger partial charge in [0.2, 0.25) is 0 Å². The van der Waals surface area contributed by atoms with Gasteiger partial charge in [0.05, 0.1) is 11.4 Å². The van der Waals surface area contributed by atoms with Gasteiger partial charge in [-0.2, -0.15) is 0 Å². The van der Waals surface area contributed by atoms with Crippen molar-refractivity contribution < 1.29 is 9.53 Å². The molecule has 1 aliphatic rings. The van der Waals surface area contributed by atoms with E-state index in [9.17, 15) is 9.59 Å². The Morgan fingerprint density at radius 2 is 1.76 bits per heavy atom. The minimum absolute atomic E-state index is 0.189. The molecule has 1 aliphatic heterocycles. The van der Waals surface area contributed by atoms with E-state index in [-0.39, 0.29) is 11.5 Å². The van der Waals surface area contributed by atoms with Crippen molar-refractivity contribution in [3.63, 3.8) is 0 Å². The number of aromatic nitrogens is 2. The summed E-state index contributed by atoms with van der Waals surface area (Å²) in [5.74, 6) is 0.324. The van der Waals surface area contributed by atoms with E-state index in [0.717, 1.165) is 22.5 Å². The number of carbonyl (C=O) groups is 1. The molecule has 0 unspecified atom stereocenters. The minimum atomic E-state index is -0.504. The number of esters is 1. The fourth-order valence-electron chi connectivity index (χ4n) is 5.29. The summed E-state index contributed by atoms with van der Waals surface area (Å²) >= 11 is 0. The van der Waals surface area contributed by atoms with E-state index in [2.05, 4.69) is 80.7 Å². The molecule has 1 N–H and O–H groups in total. The number of rotatable bonds is 9. The fourth-order valence-corrected chi connectivity index (χ4v) is 5.29. The highest BCUT2D eigenvalue weighted by Gasteiger charge is 2.24. The van der Waals surface area contributed by atoms with E-state index in [4.69, 9.17) is 4.74 Å². The quantitative estimate of drug-likeness (QED) is 0.288. The molecule has 218 valence electrons. The number of ether oxygens (including phenoxy) is 1. The molecule has 8 heteroatoms. The molecule has 8 nitrogen and oxygen atoms in total. The molecule has 5 rings (SSSR count). The number of aromatic amines is 1. The Bertz CT molecular complexity index is 1810. The number of nitrogens with one attached hydrogen (secondary N) is 1. The maximum Gasteiger partial charge on any atom is 0.306 e. The minimum Gasteiger partial charge on any atom is -0.460 e. The summed E-state index contributed by atoms with van der Waals surface area (Å²) < 4.78 is 5.54. The van der Waals surface area contributed by atoms with Gasteiger partial charge in [-0.05, 0) is 93.2 Å². The van der Waals surface area contributed by atoms with Gasteiger partial charge in [-0.15, -0.1) is 0 Å². The van der Waals surface area contributed by atoms with Crippen LogP contribution in [0.1, 0.15) is 50.3 Å². The molecule has 2 heterocycles. The van der Waals surface area contributed by atoms with Gasteiger partial charge in [-0.3, -0.25) is 14.5 Å². The van der Waals surface area contributed by atoms with Gasteiger partial charge in [0.1, 0.15) is 11.1 Å². The molecule has 0 bridgehead atoms. The first-order valence-electron chi connectivity index (χ1n) is 14.5. The molecule has 4 aromatic rings. The van der Waals surface area contributed by atoms with E-state index < -0.39 is 5.60 Å². The van der Waals surface area contributed by atoms with E-state index in [1.165, 1.54) is 16.3 Å². The standard InChI is InChI=1S/C34H39N5O3/c1-22-18-28-29(19-23(22)2)39(32-31(37-28)33(41)36-24(3)35-32)17-16-38(15-9-12-30(40)42-34(4,5)6)21-25-13-14-26-10-7-8-11-27(26)20-25/h7-8,10-11,13-14,18-20H,3,9,12,15-17,21H2,1-2,4-6H3,(H,36,41). The summed E-state index contributed by atoms with van der Waals surface area (Å²) in [6.07, 6.45) is 1.02. The van der Waals surface area contributed by atoms with Gasteiger partial charge in [-0.1, -0.05) is 43.0 Å². The Morgan fingerprint density at radius 3 is 2.52 bits per heavy atom. The molecule has 0 saturated carbocycles. The number of H-pyrrole nitrogens is 1. The molecular formula is C34H39N5O3. The maximum absolute atomic E-state index is 12.9. The second-order valence-corrected chi connectivity index (χ2v) is 12.0. The van der Waals surface area contributed by atoms with Gasteiger partial charge < -0.3 is 14.6 Å². The fraction of sp³-hybridized carbons (Fsp3) is 0.353. The zero-order valence-electron chi connectivity index (χ0n) is 25.2. The van der Waals surface area contributed by atoms with Gasteiger partial charge in [-0.25, -0.2) is 9.98 Å². The van der Waals surface area contributed by atoms with Crippen LogP contribution >= 0.6 is 0 Å². The highest BCUT2D eigenvalue weighted by Crippen LogP contribution is 2.36. The predicted molar refractivity (Wildman–Crippen MR) is 168 cm³/mol. The van der Waals surface area contributed by atoms with Gasteiger partial charge in [0, 0.05) is 26.1 Å². The number of hydrogen-bond donors (Lipinski definition) is 1. The van der Waals surface area contributed by atoms with Crippen LogP contribution in [0.5, 0.6) is 0 Å². The third-order valence-electron chi connectivity index (χ3n) is 7.43. The highest BCUT2D eigenvalue weighted by molar-refractivity contribution is 5.83. The van der Waals surface area contributed by atoms with Crippen molar-refractivity contribution in [2.45, 2.75) is 59.6 Å². The average Bonchev–Trinajstić information content (AvgIpc) is 2.91. The lowest BCUT2D eigenvalue weighted by atomic mass is 10.1. The molecule has 0 fully saturated rings. The van der Waals surface area contributed by atoms with Crippen LogP contribution in [0.15, 0.2) is 64.4 Å². The molecule has 42 heavy (non-hydrogen) atoms. The SMILES string of the molecule is C=c1nc2c(c(=O)[nH]1)=Nc1cc(C)c(C)cc1N2CCN(CCCC(=O)OC(C)(C)C)Cc1ccc2ccccc2c1. The largest absolute Gasteiger partial charge is 0.460 e. The number of benzene rings is 3. The zero-order valence-corrected chi connectivity index (χ0v) is 25.2. The van der Waals surface area contributed by atoms with Crippen molar-refractivity contribution in [3.8, 4) is 0 Å². The summed E-state index contributed by atoms with van der Waals surface area (Å²) in [5, 5.41) is 2.69. The summed E-state index contributed by atoms with van der Waals surface area (Å²) in [6.45, 7) is 16.3. The Kier molecular flexibility index (Phi) is 8.27. The van der Waals surface area contributed by atoms with Crippen LogP contribution in [0.25, 0.3) is 17.4 Å². The van der Waals surface area contributed by atoms with Crippen molar-refractivity contribution in [2.75, 3.05) is 24.5 Å². The Morgan fingerprint density at radius 1 is 1.02 bits per heavy atom. The van der Waals surface area contributed by atoms with Gasteiger partial charge >= 0.3 is 5.97 Å². The second-order valence-electron chi connectivity index (χ2n) is 12.0. The van der Waals surface area contributed by atoms with Crippen molar-refractivity contribution in [2.24, 2.45) is 4.99 Å². The monoisotopic (exact) mass is 565 g/mol. The lowest BCUT2D eigenvalue weighted by Gasteiger charge is -2.31. The summed E-state index contributed by atoms with van der Waals surface area (Å²) in [5.41, 5.74) is 4.61. The maximum atomic E-state index is 12.9. The average molecular weight is 566 g/mol. The number of hydrogen-bond acceptors (Lipinski definition) is 7. The van der Waals surface area contributed by atoms with Gasteiger partial charge in [0.25, 0.3) is 5.56 Å². The van der Waals surface area contributed by atoms with E-state index in [1.54, 1.807) is 0 Å². The number of nitrogens with zero attached hydrogens (tertiary/aromatic N) is 4. The van der Waals surface area contributed by atoms with Crippen LogP contribution in [-0.2, 0) is 16.1 Å². The first kappa shape index (κ1) is 29.2. The number of anilines is 2. The molecule has 0 amide bonds. The first-order chi connectivity index (χ1) is 20.0. The molecule has 0 saturated heterocycles. The molecule has 0 spiro atoms. The van der Waals surface area contributed by atoms with Crippen molar-refractivity contribution in [1.29, 1.82) is 0 Å². The molecule has 0 atom stereocenters. The Balaban J connectivity index is 1.42. The summed E-state index contributed by atoms with van der Waals surface area (Å²) in [7, 11) is 0. The molecular weight excluding hydrogens is 526 g/mol. The Labute approximate surface area is 246 Å². The lowest BCUT2D eigenvalue weighted by Crippen LogP contribution is -2.44. The van der Waals surface area contributed by atoms with Gasteiger partial charge in [0.15, 0.2) is 11.2 Å². The second kappa shape index (κ2) is 11.9. The van der Waals surface area contributed by atoms with Crippen LogP contribution < -0.4 is 21.3 Å². The molecule has 3 aromatic carbocycles. The van der Waals surface area contributed by atoms with E-state index in [1.807, 2.05) is 39.8 Å². The smallest absolute Gasteiger partial charge is 0.306 e. The van der Waals surface area contributed by atoms with Crippen molar-refractivity contribution in [1.82, 2.24) is 14.9 Å². The third-order valence-corrected chi connectivity index (χ3v) is 7.43. The van der Waals surface area contributed by atoms with Crippen LogP contribution in [0.4, 0.5) is 17.2 Å². The number of aryl methyl sites for hydroxylation is 2. The van der Waals surface area contributed by atoms with Crippen molar-refractivity contribution in [3.05, 3.63) is 92.5 Å². The third kappa shape index (κ3) is 6.77. The predicted octanol–water partition coefficient (Wildman–Crippen LogP) is 4.98. The van der Waals surface area contributed by atoms with Crippen LogP contribution in [-0.4, -0.2) is 46.1 Å². The highest BCUT2D eigenvalue weighted by atomic mass is 16.6.